The maximum Gasteiger partial charge on any atom is 0.451 e. The van der Waals surface area contributed by atoms with Crippen LogP contribution in [0.15, 0.2) is 18.2 Å². The van der Waals surface area contributed by atoms with E-state index in [2.05, 4.69) is 19.9 Å². The highest BCUT2D eigenvalue weighted by Gasteiger charge is 2.45. The van der Waals surface area contributed by atoms with Crippen LogP contribution in [0.25, 0.3) is 10.9 Å². The third-order valence-corrected chi connectivity index (χ3v) is 5.97. The van der Waals surface area contributed by atoms with Crippen molar-refractivity contribution in [3.8, 4) is 0 Å². The lowest BCUT2D eigenvalue weighted by Gasteiger charge is -2.37. The maximum absolute atomic E-state index is 13.4. The van der Waals surface area contributed by atoms with Crippen LogP contribution < -0.4 is 4.90 Å². The van der Waals surface area contributed by atoms with Crippen molar-refractivity contribution in [3.63, 3.8) is 0 Å². The second-order valence-electron chi connectivity index (χ2n) is 8.12. The molecule has 3 heterocycles. The Bertz CT molecular complexity index is 1220. The van der Waals surface area contributed by atoms with Gasteiger partial charge >= 0.3 is 18.5 Å². The number of fused-ring (bicyclic) bond motifs is 3. The van der Waals surface area contributed by atoms with E-state index in [0.29, 0.717) is 21.5 Å². The molecular formula is C20H15ClF9N5. The zero-order valence-electron chi connectivity index (χ0n) is 17.6. The fourth-order valence-electron chi connectivity index (χ4n) is 4.04. The van der Waals surface area contributed by atoms with Gasteiger partial charge in [0, 0.05) is 28.2 Å². The predicted molar refractivity (Wildman–Crippen MR) is 107 cm³/mol. The fraction of sp³-hybridized carbons (Fsp3) is 0.450. The molecule has 0 amide bonds. The first-order valence-corrected chi connectivity index (χ1v) is 10.5. The highest BCUT2D eigenvalue weighted by molar-refractivity contribution is 6.31. The number of aromatic nitrogens is 4. The summed E-state index contributed by atoms with van der Waals surface area (Å²) in [6.45, 7) is 0.641. The number of halogens is 10. The van der Waals surface area contributed by atoms with Crippen LogP contribution in [0, 0.1) is 5.92 Å². The number of anilines is 1. The number of nitrogens with one attached hydrogen (secondary N) is 1. The molecule has 0 saturated heterocycles. The van der Waals surface area contributed by atoms with Crippen LogP contribution in [0.1, 0.15) is 42.3 Å². The number of hydrogen-bond acceptors (Lipinski definition) is 4. The smallest absolute Gasteiger partial charge is 0.356 e. The summed E-state index contributed by atoms with van der Waals surface area (Å²) >= 11 is 6.03. The summed E-state index contributed by atoms with van der Waals surface area (Å²) in [6.07, 6.45) is -15.9. The lowest BCUT2D eigenvalue weighted by Crippen LogP contribution is -2.40. The molecular weight excluding hydrogens is 517 g/mol. The molecule has 0 spiro atoms. The Morgan fingerprint density at radius 3 is 2.14 bits per heavy atom. The average Bonchev–Trinajstić information content (AvgIpc) is 3.10. The van der Waals surface area contributed by atoms with Crippen LogP contribution in [0.3, 0.4) is 0 Å². The molecule has 2 aromatic heterocycles. The van der Waals surface area contributed by atoms with Crippen LogP contribution in [-0.2, 0) is 18.8 Å². The van der Waals surface area contributed by atoms with E-state index in [1.165, 1.54) is 6.07 Å². The van der Waals surface area contributed by atoms with Crippen molar-refractivity contribution in [1.29, 1.82) is 0 Å². The van der Waals surface area contributed by atoms with Crippen molar-refractivity contribution >= 4 is 28.5 Å². The molecule has 2 atom stereocenters. The van der Waals surface area contributed by atoms with E-state index in [4.69, 9.17) is 11.6 Å². The van der Waals surface area contributed by atoms with Crippen LogP contribution in [0.4, 0.5) is 45.5 Å². The standard InChI is InChI=1S/C20H15ClF9N5/c1-8(18(22,23)24)6-13-14-10(11-7-9(21)2-3-12(11)31-14)4-5-35(13)17-33-15(19(25,26)27)32-16(34-17)20(28,29)30/h2-3,7-8,13,31H,4-6H2,1H3/t8?,13-/m0/s1. The highest BCUT2D eigenvalue weighted by atomic mass is 35.5. The summed E-state index contributed by atoms with van der Waals surface area (Å²) < 4.78 is 120. The van der Waals surface area contributed by atoms with Gasteiger partial charge in [0.05, 0.1) is 12.0 Å². The summed E-state index contributed by atoms with van der Waals surface area (Å²) in [5.74, 6) is -7.14. The Morgan fingerprint density at radius 1 is 1.00 bits per heavy atom. The van der Waals surface area contributed by atoms with Gasteiger partial charge in [-0.1, -0.05) is 18.5 Å². The molecule has 190 valence electrons. The minimum atomic E-state index is -5.34. The van der Waals surface area contributed by atoms with Crippen molar-refractivity contribution in [2.45, 2.75) is 44.3 Å². The van der Waals surface area contributed by atoms with Crippen LogP contribution >= 0.6 is 11.6 Å². The monoisotopic (exact) mass is 531 g/mol. The van der Waals surface area contributed by atoms with E-state index in [1.54, 1.807) is 12.1 Å². The van der Waals surface area contributed by atoms with E-state index in [0.717, 1.165) is 11.8 Å². The van der Waals surface area contributed by atoms with Gasteiger partial charge in [0.15, 0.2) is 0 Å². The molecule has 5 nitrogen and oxygen atoms in total. The summed E-state index contributed by atoms with van der Waals surface area (Å²) in [5.41, 5.74) is 1.29. The first-order valence-electron chi connectivity index (χ1n) is 10.1. The van der Waals surface area contributed by atoms with Gasteiger partial charge in [-0.3, -0.25) is 0 Å². The van der Waals surface area contributed by atoms with E-state index in [1.807, 2.05) is 0 Å². The van der Waals surface area contributed by atoms with Gasteiger partial charge in [-0.05, 0) is 36.6 Å². The Labute approximate surface area is 196 Å². The molecule has 0 saturated carbocycles. The fourth-order valence-corrected chi connectivity index (χ4v) is 4.21. The van der Waals surface area contributed by atoms with E-state index in [9.17, 15) is 39.5 Å². The Kier molecular flexibility index (Phi) is 6.09. The topological polar surface area (TPSA) is 57.7 Å². The molecule has 35 heavy (non-hydrogen) atoms. The van der Waals surface area contributed by atoms with E-state index < -0.39 is 54.5 Å². The SMILES string of the molecule is CC(C[C@H]1c2[nH]c3ccc(Cl)cc3c2CCN1c1nc(C(F)(F)F)nc(C(F)(F)F)n1)C(F)(F)F. The van der Waals surface area contributed by atoms with Gasteiger partial charge in [0.25, 0.3) is 0 Å². The van der Waals surface area contributed by atoms with Crippen LogP contribution in [0.5, 0.6) is 0 Å². The molecule has 4 rings (SSSR count). The first-order chi connectivity index (χ1) is 16.1. The molecule has 0 radical (unpaired) electrons. The molecule has 1 aliphatic heterocycles. The number of nitrogens with zero attached hydrogens (tertiary/aromatic N) is 4. The largest absolute Gasteiger partial charge is 0.451 e. The zero-order chi connectivity index (χ0) is 25.9. The molecule has 1 aromatic carbocycles. The third kappa shape index (κ3) is 4.98. The second kappa shape index (κ2) is 8.42. The summed E-state index contributed by atoms with van der Waals surface area (Å²) in [7, 11) is 0. The third-order valence-electron chi connectivity index (χ3n) is 5.74. The normalized spacial score (nSPS) is 18.1. The highest BCUT2D eigenvalue weighted by Crippen LogP contribution is 2.43. The molecule has 15 heteroatoms. The number of hydrogen-bond donors (Lipinski definition) is 1. The Morgan fingerprint density at radius 2 is 1.60 bits per heavy atom. The molecule has 1 N–H and O–H groups in total. The van der Waals surface area contributed by atoms with Gasteiger partial charge in [-0.25, -0.2) is 4.98 Å². The minimum absolute atomic E-state index is 0.0843. The Balaban J connectivity index is 1.89. The second-order valence-corrected chi connectivity index (χ2v) is 8.56. The number of benzene rings is 1. The molecule has 0 aliphatic carbocycles. The zero-order valence-corrected chi connectivity index (χ0v) is 18.3. The predicted octanol–water partition coefficient (Wildman–Crippen LogP) is 6.74. The number of rotatable bonds is 3. The molecule has 1 aliphatic rings. The van der Waals surface area contributed by atoms with Gasteiger partial charge in [0.1, 0.15) is 0 Å². The minimum Gasteiger partial charge on any atom is -0.356 e. The lowest BCUT2D eigenvalue weighted by atomic mass is 9.91. The van der Waals surface area contributed by atoms with E-state index >= 15 is 0 Å². The maximum atomic E-state index is 13.4. The van der Waals surface area contributed by atoms with E-state index in [-0.39, 0.29) is 18.7 Å². The van der Waals surface area contributed by atoms with Crippen molar-refractivity contribution in [1.82, 2.24) is 19.9 Å². The van der Waals surface area contributed by atoms with Crippen molar-refractivity contribution < 1.29 is 39.5 Å². The summed E-state index contributed by atoms with van der Waals surface area (Å²) in [6, 6.07) is 3.40. The van der Waals surface area contributed by atoms with Crippen LogP contribution in [0.2, 0.25) is 5.02 Å². The molecule has 3 aromatic rings. The summed E-state index contributed by atoms with van der Waals surface area (Å²) in [4.78, 5) is 12.7. The number of aromatic amines is 1. The number of H-pyrrole nitrogens is 1. The van der Waals surface area contributed by atoms with Gasteiger partial charge in [-0.2, -0.15) is 49.5 Å². The van der Waals surface area contributed by atoms with Crippen molar-refractivity contribution in [3.05, 3.63) is 46.1 Å². The lowest BCUT2D eigenvalue weighted by molar-refractivity contribution is -0.172. The molecule has 0 bridgehead atoms. The molecule has 1 unspecified atom stereocenters. The van der Waals surface area contributed by atoms with Crippen LogP contribution in [-0.4, -0.2) is 32.7 Å². The van der Waals surface area contributed by atoms with Crippen molar-refractivity contribution in [2.75, 3.05) is 11.4 Å². The quantitative estimate of drug-likeness (QED) is 0.381. The number of alkyl halides is 9. The Hall–Kier alpha value is -2.77. The van der Waals surface area contributed by atoms with Gasteiger partial charge in [-0.15, -0.1) is 0 Å². The van der Waals surface area contributed by atoms with Crippen molar-refractivity contribution in [2.24, 2.45) is 5.92 Å². The molecule has 0 fully saturated rings. The average molecular weight is 532 g/mol. The first kappa shape index (κ1) is 25.3. The van der Waals surface area contributed by atoms with Gasteiger partial charge in [0.2, 0.25) is 17.6 Å². The summed E-state index contributed by atoms with van der Waals surface area (Å²) in [5, 5.41) is 0.948. The van der Waals surface area contributed by atoms with Gasteiger partial charge < -0.3 is 9.88 Å².